The van der Waals surface area contributed by atoms with Crippen LogP contribution in [-0.4, -0.2) is 42.2 Å². The number of hydrogen-bond acceptors (Lipinski definition) is 5. The van der Waals surface area contributed by atoms with Gasteiger partial charge in [-0.25, -0.2) is 0 Å². The Kier molecular flexibility index (Phi) is 5.99. The molecule has 0 spiro atoms. The van der Waals surface area contributed by atoms with Crippen LogP contribution in [0.2, 0.25) is 0 Å². The van der Waals surface area contributed by atoms with Gasteiger partial charge in [-0.1, -0.05) is 12.1 Å². The van der Waals surface area contributed by atoms with Gasteiger partial charge in [0.2, 0.25) is 11.8 Å². The molecule has 1 saturated heterocycles. The summed E-state index contributed by atoms with van der Waals surface area (Å²) in [7, 11) is 0. The van der Waals surface area contributed by atoms with Gasteiger partial charge in [0.15, 0.2) is 0 Å². The average molecular weight is 447 g/mol. The summed E-state index contributed by atoms with van der Waals surface area (Å²) in [5.74, 6) is 0.346. The predicted octanol–water partition coefficient (Wildman–Crippen LogP) is 4.69. The Labute approximate surface area is 192 Å². The van der Waals surface area contributed by atoms with Crippen LogP contribution in [0.4, 0.5) is 17.1 Å². The molecule has 2 amide bonds. The van der Waals surface area contributed by atoms with Crippen LogP contribution in [0, 0.1) is 0 Å². The van der Waals surface area contributed by atoms with E-state index in [1.165, 1.54) is 24.9 Å². The summed E-state index contributed by atoms with van der Waals surface area (Å²) in [6.07, 6.45) is 7.57. The number of anilines is 3. The maximum atomic E-state index is 12.8. The molecule has 0 bridgehead atoms. The zero-order valence-corrected chi connectivity index (χ0v) is 18.7. The number of fused-ring (bicyclic) bond motifs is 2. The second-order valence-corrected chi connectivity index (χ2v) is 9.22. The number of pyridine rings is 1. The number of amides is 2. The lowest BCUT2D eigenvalue weighted by atomic mass is 10.0. The zero-order valence-electron chi connectivity index (χ0n) is 17.9. The molecular formula is C25H26N4O2S. The number of hydrogen-bond donors (Lipinski definition) is 1. The topological polar surface area (TPSA) is 65.5 Å². The number of nitrogens with one attached hydrogen (secondary N) is 1. The summed E-state index contributed by atoms with van der Waals surface area (Å²) in [4.78, 5) is 34.8. The number of piperidine rings is 1. The highest BCUT2D eigenvalue weighted by molar-refractivity contribution is 8.00. The van der Waals surface area contributed by atoms with Crippen molar-refractivity contribution >= 4 is 51.4 Å². The molecule has 2 aromatic carbocycles. The first-order chi connectivity index (χ1) is 15.7. The molecule has 3 aromatic rings. The molecule has 6 nitrogen and oxygen atoms in total. The fraction of sp³-hybridized carbons (Fsp3) is 0.320. The average Bonchev–Trinajstić information content (AvgIpc) is 2.84. The Morgan fingerprint density at radius 1 is 1.00 bits per heavy atom. The maximum absolute atomic E-state index is 12.8. The van der Waals surface area contributed by atoms with Crippen LogP contribution in [0.15, 0.2) is 59.8 Å². The van der Waals surface area contributed by atoms with Gasteiger partial charge in [-0.3, -0.25) is 14.6 Å². The van der Waals surface area contributed by atoms with Crippen LogP contribution in [0.3, 0.4) is 0 Å². The molecule has 1 fully saturated rings. The Morgan fingerprint density at radius 3 is 2.72 bits per heavy atom. The number of aromatic nitrogens is 1. The van der Waals surface area contributed by atoms with E-state index < -0.39 is 0 Å². The third-order valence-corrected chi connectivity index (χ3v) is 7.18. The zero-order chi connectivity index (χ0) is 21.9. The first-order valence-electron chi connectivity index (χ1n) is 11.1. The van der Waals surface area contributed by atoms with Crippen LogP contribution >= 0.6 is 11.8 Å². The molecule has 32 heavy (non-hydrogen) atoms. The Morgan fingerprint density at radius 2 is 1.84 bits per heavy atom. The highest BCUT2D eigenvalue weighted by Gasteiger charge is 2.25. The van der Waals surface area contributed by atoms with Gasteiger partial charge in [0, 0.05) is 59.8 Å². The number of nitrogens with zero attached hydrogens (tertiary/aromatic N) is 3. The Bertz CT molecular complexity index is 1160. The second kappa shape index (κ2) is 9.20. The summed E-state index contributed by atoms with van der Waals surface area (Å²) in [5, 5.41) is 5.11. The second-order valence-electron chi connectivity index (χ2n) is 8.20. The monoisotopic (exact) mass is 446 g/mol. The molecule has 0 aliphatic carbocycles. The molecule has 0 radical (unpaired) electrons. The van der Waals surface area contributed by atoms with Gasteiger partial charge >= 0.3 is 0 Å². The highest BCUT2D eigenvalue weighted by Crippen LogP contribution is 2.35. The Balaban J connectivity index is 1.32. The minimum atomic E-state index is -0.107. The number of para-hydroxylation sites is 1. The van der Waals surface area contributed by atoms with Crippen molar-refractivity contribution in [2.45, 2.75) is 30.6 Å². The van der Waals surface area contributed by atoms with Crippen LogP contribution in [0.5, 0.6) is 0 Å². The minimum absolute atomic E-state index is 0.0436. The van der Waals surface area contributed by atoms with Gasteiger partial charge in [0.05, 0.1) is 17.1 Å². The largest absolute Gasteiger partial charge is 0.371 e. The van der Waals surface area contributed by atoms with E-state index in [-0.39, 0.29) is 18.2 Å². The summed E-state index contributed by atoms with van der Waals surface area (Å²) < 4.78 is 0. The molecular weight excluding hydrogens is 420 g/mol. The van der Waals surface area contributed by atoms with Crippen molar-refractivity contribution in [3.8, 4) is 0 Å². The predicted molar refractivity (Wildman–Crippen MR) is 131 cm³/mol. The number of carbonyl (C=O) groups excluding carboxylic acids is 2. The normalized spacial score (nSPS) is 16.2. The molecule has 0 saturated carbocycles. The molecule has 1 aromatic heterocycles. The third-order valence-electron chi connectivity index (χ3n) is 6.14. The lowest BCUT2D eigenvalue weighted by molar-refractivity contribution is -0.117. The van der Waals surface area contributed by atoms with Crippen LogP contribution in [-0.2, 0) is 9.59 Å². The molecule has 3 heterocycles. The van der Waals surface area contributed by atoms with E-state index in [4.69, 9.17) is 0 Å². The standard InChI is InChI=1S/C25H26N4O2S/c30-24(11-15-29-22-6-2-3-7-23(22)32-17-25(29)31)27-20-8-9-21(28-13-4-1-5-14-28)18-10-12-26-16-19(18)20/h2-3,6-10,12,16H,1,4-5,11,13-15,17H2,(H,27,30). The fourth-order valence-corrected chi connectivity index (χ4v) is 5.45. The van der Waals surface area contributed by atoms with E-state index in [1.807, 2.05) is 42.6 Å². The third kappa shape index (κ3) is 4.17. The molecule has 7 heteroatoms. The lowest BCUT2D eigenvalue weighted by Gasteiger charge is -2.30. The maximum Gasteiger partial charge on any atom is 0.237 e. The van der Waals surface area contributed by atoms with Crippen LogP contribution in [0.25, 0.3) is 10.8 Å². The number of carbonyl (C=O) groups is 2. The van der Waals surface area contributed by atoms with E-state index in [0.29, 0.717) is 12.3 Å². The number of rotatable bonds is 5. The van der Waals surface area contributed by atoms with Crippen molar-refractivity contribution in [3.05, 3.63) is 54.9 Å². The SMILES string of the molecule is O=C(CCN1C(=O)CSc2ccccc21)Nc1ccc(N2CCCCC2)c2ccncc12. The smallest absolute Gasteiger partial charge is 0.237 e. The summed E-state index contributed by atoms with van der Waals surface area (Å²) in [6, 6.07) is 14.0. The van der Waals surface area contributed by atoms with Gasteiger partial charge in [0.25, 0.3) is 0 Å². The fourth-order valence-electron chi connectivity index (χ4n) is 4.52. The number of benzene rings is 2. The first-order valence-corrected chi connectivity index (χ1v) is 12.1. The molecule has 2 aliphatic heterocycles. The Hall–Kier alpha value is -3.06. The summed E-state index contributed by atoms with van der Waals surface area (Å²) in [5.41, 5.74) is 2.86. The minimum Gasteiger partial charge on any atom is -0.371 e. The highest BCUT2D eigenvalue weighted by atomic mass is 32.2. The lowest BCUT2D eigenvalue weighted by Crippen LogP contribution is -2.37. The quantitative estimate of drug-likeness (QED) is 0.616. The van der Waals surface area contributed by atoms with Gasteiger partial charge < -0.3 is 15.1 Å². The first kappa shape index (κ1) is 20.8. The van der Waals surface area contributed by atoms with E-state index in [1.54, 1.807) is 22.9 Å². The van der Waals surface area contributed by atoms with Crippen molar-refractivity contribution in [2.24, 2.45) is 0 Å². The van der Waals surface area contributed by atoms with Crippen LogP contribution < -0.4 is 15.1 Å². The van der Waals surface area contributed by atoms with Crippen LogP contribution in [0.1, 0.15) is 25.7 Å². The van der Waals surface area contributed by atoms with Gasteiger partial charge in [0.1, 0.15) is 0 Å². The van der Waals surface area contributed by atoms with Crippen molar-refractivity contribution < 1.29 is 9.59 Å². The molecule has 5 rings (SSSR count). The molecule has 1 N–H and O–H groups in total. The van der Waals surface area contributed by atoms with Gasteiger partial charge in [-0.05, 0) is 49.6 Å². The van der Waals surface area contributed by atoms with E-state index in [0.717, 1.165) is 40.1 Å². The van der Waals surface area contributed by atoms with Gasteiger partial charge in [-0.15, -0.1) is 11.8 Å². The van der Waals surface area contributed by atoms with Gasteiger partial charge in [-0.2, -0.15) is 0 Å². The van der Waals surface area contributed by atoms with Crippen molar-refractivity contribution in [3.63, 3.8) is 0 Å². The van der Waals surface area contributed by atoms with E-state index >= 15 is 0 Å². The number of thioether (sulfide) groups is 1. The van der Waals surface area contributed by atoms with E-state index in [2.05, 4.69) is 21.3 Å². The molecule has 2 aliphatic rings. The molecule has 0 atom stereocenters. The molecule has 164 valence electrons. The van der Waals surface area contributed by atoms with Crippen molar-refractivity contribution in [1.29, 1.82) is 0 Å². The summed E-state index contributed by atoms with van der Waals surface area (Å²) >= 11 is 1.55. The molecule has 0 unspecified atom stereocenters. The summed E-state index contributed by atoms with van der Waals surface area (Å²) in [6.45, 7) is 2.49. The van der Waals surface area contributed by atoms with E-state index in [9.17, 15) is 9.59 Å². The van der Waals surface area contributed by atoms with Crippen molar-refractivity contribution in [1.82, 2.24) is 4.98 Å². The van der Waals surface area contributed by atoms with Crippen molar-refractivity contribution in [2.75, 3.05) is 40.5 Å².